The van der Waals surface area contributed by atoms with Crippen molar-refractivity contribution in [2.45, 2.75) is 11.9 Å². The van der Waals surface area contributed by atoms with Crippen molar-refractivity contribution in [3.63, 3.8) is 0 Å². The van der Waals surface area contributed by atoms with Gasteiger partial charge in [0.2, 0.25) is 0 Å². The zero-order valence-electron chi connectivity index (χ0n) is 7.28. The summed E-state index contributed by atoms with van der Waals surface area (Å²) < 4.78 is 26.5. The van der Waals surface area contributed by atoms with E-state index < -0.39 is 10.0 Å². The smallest absolute Gasteiger partial charge is 0.255 e. The molecule has 0 bridgehead atoms. The molecule has 0 saturated heterocycles. The van der Waals surface area contributed by atoms with Gasteiger partial charge >= 0.3 is 0 Å². The molecule has 0 aromatic carbocycles. The summed E-state index contributed by atoms with van der Waals surface area (Å²) in [6.45, 7) is 2.02. The van der Waals surface area contributed by atoms with Crippen molar-refractivity contribution < 1.29 is 8.42 Å². The molecule has 74 valence electrons. The Labute approximate surface area is 81.7 Å². The molecule has 0 unspecified atom stereocenters. The van der Waals surface area contributed by atoms with Crippen molar-refractivity contribution >= 4 is 21.6 Å². The van der Waals surface area contributed by atoms with Gasteiger partial charge in [-0.05, 0) is 0 Å². The van der Waals surface area contributed by atoms with Crippen molar-refractivity contribution in [2.75, 3.05) is 6.54 Å². The third-order valence-electron chi connectivity index (χ3n) is 1.43. The first kappa shape index (κ1) is 10.5. The van der Waals surface area contributed by atoms with Crippen LogP contribution in [0.4, 0.5) is 0 Å². The lowest BCUT2D eigenvalue weighted by atomic mass is 10.7. The Balaban J connectivity index is 3.21. The van der Waals surface area contributed by atoms with Crippen molar-refractivity contribution in [1.29, 1.82) is 0 Å². The van der Waals surface area contributed by atoms with E-state index >= 15 is 0 Å². The van der Waals surface area contributed by atoms with Crippen LogP contribution < -0.4 is 4.72 Å². The van der Waals surface area contributed by atoms with Crippen LogP contribution in [0.3, 0.4) is 0 Å². The van der Waals surface area contributed by atoms with E-state index in [9.17, 15) is 8.42 Å². The van der Waals surface area contributed by atoms with E-state index in [0.717, 1.165) is 0 Å². The highest BCUT2D eigenvalue weighted by Crippen LogP contribution is 2.18. The molecule has 7 heteroatoms. The second-order valence-electron chi connectivity index (χ2n) is 2.42. The molecule has 0 saturated carbocycles. The third-order valence-corrected chi connectivity index (χ3v) is 3.48. The molecule has 0 spiro atoms. The summed E-state index contributed by atoms with van der Waals surface area (Å²) in [7, 11) is -1.99. The fourth-order valence-electron chi connectivity index (χ4n) is 0.960. The minimum Gasteiger partial charge on any atom is -0.255 e. The zero-order chi connectivity index (χ0) is 10.1. The number of rotatable bonds is 3. The van der Waals surface area contributed by atoms with Crippen molar-refractivity contribution in [1.82, 2.24) is 14.5 Å². The monoisotopic (exact) mass is 223 g/mol. The van der Waals surface area contributed by atoms with Crippen molar-refractivity contribution in [3.8, 4) is 0 Å². The van der Waals surface area contributed by atoms with Gasteiger partial charge in [-0.2, -0.15) is 5.10 Å². The molecule has 0 fully saturated rings. The number of hydrogen-bond acceptors (Lipinski definition) is 3. The second-order valence-corrected chi connectivity index (χ2v) is 4.51. The second kappa shape index (κ2) is 3.65. The van der Waals surface area contributed by atoms with Crippen LogP contribution in [0.5, 0.6) is 0 Å². The summed E-state index contributed by atoms with van der Waals surface area (Å²) in [5.41, 5.74) is 0. The molecule has 1 heterocycles. The first-order valence-electron chi connectivity index (χ1n) is 3.66. The van der Waals surface area contributed by atoms with E-state index in [1.54, 1.807) is 6.92 Å². The summed E-state index contributed by atoms with van der Waals surface area (Å²) in [5, 5.41) is 3.85. The normalized spacial score (nSPS) is 11.9. The lowest BCUT2D eigenvalue weighted by Crippen LogP contribution is -2.25. The van der Waals surface area contributed by atoms with Crippen molar-refractivity contribution in [3.05, 3.63) is 11.2 Å². The molecule has 0 aliphatic carbocycles. The first-order valence-corrected chi connectivity index (χ1v) is 5.52. The molecule has 0 atom stereocenters. The van der Waals surface area contributed by atoms with E-state index in [1.807, 2.05) is 0 Å². The average molecular weight is 224 g/mol. The molecule has 0 aliphatic rings. The van der Waals surface area contributed by atoms with Gasteiger partial charge in [0.1, 0.15) is 0 Å². The van der Waals surface area contributed by atoms with Gasteiger partial charge in [0.25, 0.3) is 10.0 Å². The maximum absolute atomic E-state index is 11.5. The van der Waals surface area contributed by atoms with Crippen LogP contribution in [0, 0.1) is 0 Å². The number of hydrogen-bond donors (Lipinski definition) is 1. The van der Waals surface area contributed by atoms with Gasteiger partial charge in [0.15, 0.2) is 5.03 Å². The lowest BCUT2D eigenvalue weighted by Gasteiger charge is -2.04. The zero-order valence-corrected chi connectivity index (χ0v) is 8.85. The number of aromatic nitrogens is 2. The molecule has 13 heavy (non-hydrogen) atoms. The van der Waals surface area contributed by atoms with Crippen LogP contribution in [-0.4, -0.2) is 24.7 Å². The first-order chi connectivity index (χ1) is 5.99. The third kappa shape index (κ3) is 2.01. The van der Waals surface area contributed by atoms with E-state index in [2.05, 4.69) is 9.82 Å². The summed E-state index contributed by atoms with van der Waals surface area (Å²) >= 11 is 5.66. The number of nitrogens with one attached hydrogen (secondary N) is 1. The fraction of sp³-hybridized carbons (Fsp3) is 0.500. The number of sulfonamides is 1. The highest BCUT2D eigenvalue weighted by Gasteiger charge is 2.21. The van der Waals surface area contributed by atoms with Gasteiger partial charge in [0.05, 0.1) is 11.2 Å². The summed E-state index contributed by atoms with van der Waals surface area (Å²) in [4.78, 5) is 0. The maximum atomic E-state index is 11.5. The highest BCUT2D eigenvalue weighted by atomic mass is 35.5. The van der Waals surface area contributed by atoms with Crippen LogP contribution >= 0.6 is 11.6 Å². The van der Waals surface area contributed by atoms with Gasteiger partial charge in [0, 0.05) is 13.6 Å². The standard InChI is InChI=1S/C6H10ClN3O2S/c1-3-9-13(11,12)6-5(7)4-8-10(6)2/h4,9H,3H2,1-2H3. The van der Waals surface area contributed by atoms with Gasteiger partial charge in [-0.15, -0.1) is 0 Å². The van der Waals surface area contributed by atoms with E-state index in [-0.39, 0.29) is 10.0 Å². The molecule has 1 N–H and O–H groups in total. The minimum absolute atomic E-state index is 0.00369. The summed E-state index contributed by atoms with van der Waals surface area (Å²) in [6, 6.07) is 0. The molecule has 1 aromatic rings. The van der Waals surface area contributed by atoms with E-state index in [1.165, 1.54) is 17.9 Å². The molecule has 1 rings (SSSR count). The summed E-state index contributed by atoms with van der Waals surface area (Å²) in [6.07, 6.45) is 1.30. The van der Waals surface area contributed by atoms with Crippen LogP contribution in [0.2, 0.25) is 5.02 Å². The molecular weight excluding hydrogens is 214 g/mol. The molecule has 1 aromatic heterocycles. The van der Waals surface area contributed by atoms with Gasteiger partial charge in [-0.3, -0.25) is 4.68 Å². The molecular formula is C6H10ClN3O2S. The Morgan fingerprint density at radius 2 is 2.31 bits per heavy atom. The van der Waals surface area contributed by atoms with Crippen LogP contribution in [-0.2, 0) is 17.1 Å². The predicted molar refractivity (Wildman–Crippen MR) is 49.1 cm³/mol. The largest absolute Gasteiger partial charge is 0.259 e. The topological polar surface area (TPSA) is 64.0 Å². The van der Waals surface area contributed by atoms with Crippen LogP contribution in [0.1, 0.15) is 6.92 Å². The Morgan fingerprint density at radius 3 is 2.69 bits per heavy atom. The quantitative estimate of drug-likeness (QED) is 0.806. The Kier molecular flexibility index (Phi) is 2.94. The lowest BCUT2D eigenvalue weighted by molar-refractivity contribution is 0.565. The Hall–Kier alpha value is -0.590. The number of halogens is 1. The van der Waals surface area contributed by atoms with Gasteiger partial charge in [-0.25, -0.2) is 13.1 Å². The van der Waals surface area contributed by atoms with E-state index in [4.69, 9.17) is 11.6 Å². The average Bonchev–Trinajstić information content (AvgIpc) is 2.31. The fourth-order valence-corrected chi connectivity index (χ4v) is 2.65. The van der Waals surface area contributed by atoms with Crippen LogP contribution in [0.15, 0.2) is 11.2 Å². The molecule has 0 aliphatic heterocycles. The predicted octanol–water partition coefficient (Wildman–Crippen LogP) is 0.372. The SMILES string of the molecule is CCNS(=O)(=O)c1c(Cl)cnn1C. The van der Waals surface area contributed by atoms with E-state index in [0.29, 0.717) is 6.54 Å². The van der Waals surface area contributed by atoms with Crippen LogP contribution in [0.25, 0.3) is 0 Å². The minimum atomic E-state index is -3.51. The highest BCUT2D eigenvalue weighted by molar-refractivity contribution is 7.89. The molecule has 0 radical (unpaired) electrons. The molecule has 0 amide bonds. The Morgan fingerprint density at radius 1 is 1.69 bits per heavy atom. The van der Waals surface area contributed by atoms with Gasteiger partial charge < -0.3 is 0 Å². The van der Waals surface area contributed by atoms with Gasteiger partial charge in [-0.1, -0.05) is 18.5 Å². The maximum Gasteiger partial charge on any atom is 0.259 e. The summed E-state index contributed by atoms with van der Waals surface area (Å²) in [5.74, 6) is 0. The number of nitrogens with zero attached hydrogens (tertiary/aromatic N) is 2. The molecule has 5 nitrogen and oxygen atoms in total. The Bertz CT molecular complexity index is 379. The van der Waals surface area contributed by atoms with Crippen molar-refractivity contribution in [2.24, 2.45) is 7.05 Å². The number of aryl methyl sites for hydroxylation is 1.